The van der Waals surface area contributed by atoms with Gasteiger partial charge < -0.3 is 10.5 Å². The van der Waals surface area contributed by atoms with E-state index in [1.54, 1.807) is 12.1 Å². The van der Waals surface area contributed by atoms with Gasteiger partial charge in [-0.1, -0.05) is 6.07 Å². The summed E-state index contributed by atoms with van der Waals surface area (Å²) in [4.78, 5) is 0. The van der Waals surface area contributed by atoms with Crippen LogP contribution < -0.4 is 10.5 Å². The van der Waals surface area contributed by atoms with Crippen LogP contribution in [0.2, 0.25) is 0 Å². The predicted octanol–water partition coefficient (Wildman–Crippen LogP) is 2.20. The second-order valence-corrected chi connectivity index (χ2v) is 2.81. The topological polar surface area (TPSA) is 35.2 Å². The molecule has 0 bridgehead atoms. The van der Waals surface area contributed by atoms with Crippen molar-refractivity contribution in [2.45, 2.75) is 12.8 Å². The lowest BCUT2D eigenvalue weighted by Crippen LogP contribution is -2.02. The zero-order valence-electron chi connectivity index (χ0n) is 7.79. The number of benzene rings is 1. The van der Waals surface area contributed by atoms with Crippen molar-refractivity contribution in [3.05, 3.63) is 24.0 Å². The van der Waals surface area contributed by atoms with Gasteiger partial charge >= 0.3 is 0 Å². The fraction of sp³-hybridized carbons (Fsp3) is 0.273. The van der Waals surface area contributed by atoms with Gasteiger partial charge in [0.05, 0.1) is 12.3 Å². The number of nitrogen functional groups attached to an aromatic ring is 1. The molecule has 0 aromatic heterocycles. The molecule has 0 atom stereocenters. The first-order valence-electron chi connectivity index (χ1n) is 4.36. The molecule has 2 N–H and O–H groups in total. The normalized spacial score (nSPS) is 9.43. The van der Waals surface area contributed by atoms with Crippen molar-refractivity contribution < 1.29 is 9.13 Å². The third-order valence-corrected chi connectivity index (χ3v) is 1.71. The number of unbranched alkanes of at least 4 members (excludes halogenated alkanes) is 1. The number of anilines is 1. The molecule has 0 aliphatic rings. The number of para-hydroxylation sites is 1. The third kappa shape index (κ3) is 2.67. The molecule has 1 rings (SSSR count). The molecule has 0 unspecified atom stereocenters. The van der Waals surface area contributed by atoms with Gasteiger partial charge in [-0.15, -0.1) is 12.3 Å². The monoisotopic (exact) mass is 193 g/mol. The maximum Gasteiger partial charge on any atom is 0.177 e. The number of hydrogen-bond donors (Lipinski definition) is 1. The van der Waals surface area contributed by atoms with Gasteiger partial charge in [-0.3, -0.25) is 0 Å². The van der Waals surface area contributed by atoms with Crippen molar-refractivity contribution in [3.8, 4) is 18.1 Å². The summed E-state index contributed by atoms with van der Waals surface area (Å²) in [6, 6.07) is 4.45. The highest BCUT2D eigenvalue weighted by Gasteiger charge is 2.05. The van der Waals surface area contributed by atoms with Gasteiger partial charge in [0, 0.05) is 6.42 Å². The number of rotatable bonds is 4. The lowest BCUT2D eigenvalue weighted by Gasteiger charge is -2.08. The molecule has 2 nitrogen and oxygen atoms in total. The minimum absolute atomic E-state index is 0.115. The quantitative estimate of drug-likeness (QED) is 0.452. The molecule has 0 spiro atoms. The van der Waals surface area contributed by atoms with Crippen molar-refractivity contribution in [2.24, 2.45) is 0 Å². The molecule has 14 heavy (non-hydrogen) atoms. The minimum Gasteiger partial charge on any atom is -0.488 e. The summed E-state index contributed by atoms with van der Waals surface area (Å²) >= 11 is 0. The minimum atomic E-state index is -0.439. The van der Waals surface area contributed by atoms with E-state index in [-0.39, 0.29) is 5.75 Å². The van der Waals surface area contributed by atoms with E-state index in [4.69, 9.17) is 16.9 Å². The first-order chi connectivity index (χ1) is 6.75. The van der Waals surface area contributed by atoms with Crippen LogP contribution in [0, 0.1) is 18.2 Å². The average molecular weight is 193 g/mol. The molecule has 1 aromatic rings. The second-order valence-electron chi connectivity index (χ2n) is 2.81. The van der Waals surface area contributed by atoms with Crippen molar-refractivity contribution in [1.82, 2.24) is 0 Å². The number of ether oxygens (including phenoxy) is 1. The van der Waals surface area contributed by atoms with Crippen LogP contribution in [0.1, 0.15) is 12.8 Å². The SMILES string of the molecule is C#CCCCOc1c(N)cccc1F. The Morgan fingerprint density at radius 2 is 2.29 bits per heavy atom. The summed E-state index contributed by atoms with van der Waals surface area (Å²) < 4.78 is 18.3. The van der Waals surface area contributed by atoms with Crippen LogP contribution in [0.15, 0.2) is 18.2 Å². The van der Waals surface area contributed by atoms with E-state index in [1.165, 1.54) is 6.07 Å². The van der Waals surface area contributed by atoms with E-state index in [9.17, 15) is 4.39 Å². The zero-order chi connectivity index (χ0) is 10.4. The van der Waals surface area contributed by atoms with Crippen LogP contribution in [0.4, 0.5) is 10.1 Å². The molecular weight excluding hydrogens is 181 g/mol. The second kappa shape index (κ2) is 5.13. The third-order valence-electron chi connectivity index (χ3n) is 1.71. The lowest BCUT2D eigenvalue weighted by atomic mass is 10.3. The molecular formula is C11H12FNO. The zero-order valence-corrected chi connectivity index (χ0v) is 7.79. The highest BCUT2D eigenvalue weighted by atomic mass is 19.1. The number of nitrogens with two attached hydrogens (primary N) is 1. The summed E-state index contributed by atoms with van der Waals surface area (Å²) in [5.41, 5.74) is 5.84. The fourth-order valence-corrected chi connectivity index (χ4v) is 1.03. The van der Waals surface area contributed by atoms with Gasteiger partial charge in [-0.2, -0.15) is 0 Å². The van der Waals surface area contributed by atoms with Crippen LogP contribution in [-0.4, -0.2) is 6.61 Å². The molecule has 74 valence electrons. The molecule has 0 radical (unpaired) electrons. The van der Waals surface area contributed by atoms with Crippen LogP contribution in [-0.2, 0) is 0 Å². The van der Waals surface area contributed by atoms with E-state index in [2.05, 4.69) is 5.92 Å². The molecule has 1 aromatic carbocycles. The number of hydrogen-bond acceptors (Lipinski definition) is 2. The largest absolute Gasteiger partial charge is 0.488 e. The summed E-state index contributed by atoms with van der Waals surface area (Å²) in [5, 5.41) is 0. The molecule has 3 heteroatoms. The average Bonchev–Trinajstić information content (AvgIpc) is 2.16. The summed E-state index contributed by atoms with van der Waals surface area (Å²) in [6.45, 7) is 0.384. The molecule has 0 heterocycles. The Kier molecular flexibility index (Phi) is 3.81. The Morgan fingerprint density at radius 3 is 2.93 bits per heavy atom. The maximum atomic E-state index is 13.1. The van der Waals surface area contributed by atoms with E-state index in [1.807, 2.05) is 0 Å². The Labute approximate surface area is 82.9 Å². The Bertz CT molecular complexity index is 323. The molecule has 0 fully saturated rings. The standard InChI is InChI=1S/C11H12FNO/c1-2-3-4-8-14-11-9(12)6-5-7-10(11)13/h1,5-7H,3-4,8,13H2. The van der Waals surface area contributed by atoms with Crippen LogP contribution in [0.3, 0.4) is 0 Å². The van der Waals surface area contributed by atoms with Crippen LogP contribution in [0.5, 0.6) is 5.75 Å². The van der Waals surface area contributed by atoms with Gasteiger partial charge in [0.2, 0.25) is 0 Å². The summed E-state index contributed by atoms with van der Waals surface area (Å²) in [6.07, 6.45) is 6.38. The Hall–Kier alpha value is -1.69. The summed E-state index contributed by atoms with van der Waals surface area (Å²) in [7, 11) is 0. The van der Waals surface area contributed by atoms with E-state index in [0.717, 1.165) is 0 Å². The van der Waals surface area contributed by atoms with Gasteiger partial charge in [0.15, 0.2) is 11.6 Å². The number of terminal acetylenes is 1. The smallest absolute Gasteiger partial charge is 0.177 e. The first-order valence-corrected chi connectivity index (χ1v) is 4.36. The molecule has 0 amide bonds. The first kappa shape index (κ1) is 10.4. The molecule has 0 aliphatic carbocycles. The van der Waals surface area contributed by atoms with Gasteiger partial charge in [-0.05, 0) is 18.6 Å². The van der Waals surface area contributed by atoms with Crippen molar-refractivity contribution in [1.29, 1.82) is 0 Å². The highest BCUT2D eigenvalue weighted by Crippen LogP contribution is 2.24. The molecule has 0 saturated heterocycles. The Balaban J connectivity index is 2.54. The Morgan fingerprint density at radius 1 is 1.50 bits per heavy atom. The van der Waals surface area contributed by atoms with E-state index < -0.39 is 5.82 Å². The number of halogens is 1. The molecule has 0 aliphatic heterocycles. The van der Waals surface area contributed by atoms with Crippen molar-refractivity contribution >= 4 is 5.69 Å². The molecule has 0 saturated carbocycles. The van der Waals surface area contributed by atoms with E-state index in [0.29, 0.717) is 25.1 Å². The van der Waals surface area contributed by atoms with Crippen LogP contribution >= 0.6 is 0 Å². The fourth-order valence-electron chi connectivity index (χ4n) is 1.03. The lowest BCUT2D eigenvalue weighted by molar-refractivity contribution is 0.299. The summed E-state index contributed by atoms with van der Waals surface area (Å²) in [5.74, 6) is 2.15. The van der Waals surface area contributed by atoms with Crippen molar-refractivity contribution in [2.75, 3.05) is 12.3 Å². The predicted molar refractivity (Wildman–Crippen MR) is 54.4 cm³/mol. The van der Waals surface area contributed by atoms with Gasteiger partial charge in [0.25, 0.3) is 0 Å². The van der Waals surface area contributed by atoms with Gasteiger partial charge in [0.1, 0.15) is 0 Å². The van der Waals surface area contributed by atoms with Gasteiger partial charge in [-0.25, -0.2) is 4.39 Å². The van der Waals surface area contributed by atoms with E-state index >= 15 is 0 Å². The van der Waals surface area contributed by atoms with Crippen LogP contribution in [0.25, 0.3) is 0 Å². The maximum absolute atomic E-state index is 13.1. The highest BCUT2D eigenvalue weighted by molar-refractivity contribution is 5.52. The van der Waals surface area contributed by atoms with Crippen molar-refractivity contribution in [3.63, 3.8) is 0 Å².